The zero-order chi connectivity index (χ0) is 58.5. The number of hydrogen-bond donors (Lipinski definition) is 0. The van der Waals surface area contributed by atoms with E-state index in [1.165, 1.54) is 167 Å². The van der Waals surface area contributed by atoms with Crippen molar-refractivity contribution < 1.29 is 28.6 Å². The zero-order valence-corrected chi connectivity index (χ0v) is 53.0. The maximum Gasteiger partial charge on any atom is 0.306 e. The fourth-order valence-electron chi connectivity index (χ4n) is 9.38. The van der Waals surface area contributed by atoms with Crippen molar-refractivity contribution in [2.45, 2.75) is 322 Å². The number of rotatable bonds is 61. The summed E-state index contributed by atoms with van der Waals surface area (Å²) in [4.78, 5) is 38.4. The Kier molecular flexibility index (Phi) is 64.8. The van der Waals surface area contributed by atoms with Crippen molar-refractivity contribution in [3.63, 3.8) is 0 Å². The molecular formula is C75H126O6. The highest BCUT2D eigenvalue weighted by atomic mass is 16.6. The van der Waals surface area contributed by atoms with Crippen LogP contribution in [0.5, 0.6) is 0 Å². The molecule has 0 aromatic rings. The molecule has 0 saturated heterocycles. The molecule has 6 heteroatoms. The molecule has 0 aliphatic heterocycles. The molecule has 0 saturated carbocycles. The molecule has 0 spiro atoms. The Balaban J connectivity index is 4.45. The summed E-state index contributed by atoms with van der Waals surface area (Å²) < 4.78 is 16.9. The largest absolute Gasteiger partial charge is 0.462 e. The molecule has 0 aliphatic carbocycles. The van der Waals surface area contributed by atoms with Crippen molar-refractivity contribution in [2.75, 3.05) is 13.2 Å². The monoisotopic (exact) mass is 1120 g/mol. The first kappa shape index (κ1) is 76.8. The van der Waals surface area contributed by atoms with E-state index < -0.39 is 6.10 Å². The molecule has 0 aliphatic rings. The quantitative estimate of drug-likeness (QED) is 0.0261. The summed E-state index contributed by atoms with van der Waals surface area (Å²) in [6.45, 7) is 6.51. The summed E-state index contributed by atoms with van der Waals surface area (Å²) in [7, 11) is 0. The van der Waals surface area contributed by atoms with Crippen molar-refractivity contribution in [3.05, 3.63) is 122 Å². The van der Waals surface area contributed by atoms with Crippen LogP contribution in [0, 0.1) is 0 Å². The van der Waals surface area contributed by atoms with Crippen LogP contribution in [0.3, 0.4) is 0 Å². The average Bonchev–Trinajstić information content (AvgIpc) is 3.47. The number of carbonyl (C=O) groups is 3. The van der Waals surface area contributed by atoms with Crippen LogP contribution in [0.4, 0.5) is 0 Å². The summed E-state index contributed by atoms with van der Waals surface area (Å²) in [6, 6.07) is 0. The van der Waals surface area contributed by atoms with E-state index in [0.717, 1.165) is 103 Å². The first-order valence-electron chi connectivity index (χ1n) is 34.0. The van der Waals surface area contributed by atoms with Gasteiger partial charge in [-0.25, -0.2) is 0 Å². The smallest absolute Gasteiger partial charge is 0.306 e. The van der Waals surface area contributed by atoms with Gasteiger partial charge in [0.2, 0.25) is 0 Å². The van der Waals surface area contributed by atoms with Crippen molar-refractivity contribution in [3.8, 4) is 0 Å². The second-order valence-corrected chi connectivity index (χ2v) is 22.4. The third-order valence-corrected chi connectivity index (χ3v) is 14.5. The molecule has 462 valence electrons. The fourth-order valence-corrected chi connectivity index (χ4v) is 9.38. The summed E-state index contributed by atoms with van der Waals surface area (Å²) in [6.07, 6.45) is 95.0. The Hall–Kier alpha value is -4.19. The van der Waals surface area contributed by atoms with E-state index in [2.05, 4.69) is 142 Å². The van der Waals surface area contributed by atoms with E-state index in [0.29, 0.717) is 19.3 Å². The summed E-state index contributed by atoms with van der Waals surface area (Å²) in [5.74, 6) is -0.953. The van der Waals surface area contributed by atoms with E-state index in [-0.39, 0.29) is 37.5 Å². The van der Waals surface area contributed by atoms with Gasteiger partial charge in [0.25, 0.3) is 0 Å². The van der Waals surface area contributed by atoms with Crippen LogP contribution < -0.4 is 0 Å². The lowest BCUT2D eigenvalue weighted by Crippen LogP contribution is -2.30. The van der Waals surface area contributed by atoms with Gasteiger partial charge in [0.1, 0.15) is 13.2 Å². The molecule has 0 amide bonds. The molecule has 0 N–H and O–H groups in total. The standard InChI is InChI=1S/C75H126O6/c1-4-7-10-13-16-19-22-25-28-31-33-34-35-36-37-38-39-40-41-42-43-45-47-50-53-56-59-62-65-68-74(77)80-71-72(70-79-73(76)67-64-61-58-55-52-49-46-30-27-24-21-18-15-12-9-6-3)81-75(78)69-66-63-60-57-54-51-48-44-32-29-26-23-20-17-14-11-8-5-2/h7,10,16,19,25,28-29,32-34,36-37,39-40,42-43,47,50,56,59,72H,4-6,8-9,11-15,17-18,20-24,26-27,30-31,35,38,41,44-46,48-49,51-55,57-58,60-71H2,1-3H3/b10-7-,19-16-,28-25-,32-29-,34-33-,37-36-,40-39-,43-42-,50-47-,59-56-. The minimum Gasteiger partial charge on any atom is -0.462 e. The summed E-state index contributed by atoms with van der Waals surface area (Å²) in [5, 5.41) is 0. The van der Waals surface area contributed by atoms with Crippen molar-refractivity contribution >= 4 is 17.9 Å². The predicted molar refractivity (Wildman–Crippen MR) is 353 cm³/mol. The lowest BCUT2D eigenvalue weighted by molar-refractivity contribution is -0.167. The van der Waals surface area contributed by atoms with Crippen molar-refractivity contribution in [2.24, 2.45) is 0 Å². The minimum atomic E-state index is -0.806. The lowest BCUT2D eigenvalue weighted by atomic mass is 10.0. The van der Waals surface area contributed by atoms with Crippen molar-refractivity contribution in [1.82, 2.24) is 0 Å². The molecule has 1 unspecified atom stereocenters. The third-order valence-electron chi connectivity index (χ3n) is 14.5. The van der Waals surface area contributed by atoms with Crippen LogP contribution in [0.2, 0.25) is 0 Å². The molecule has 0 rings (SSSR count). The Morgan fingerprint density at radius 3 is 0.815 bits per heavy atom. The Labute approximate surface area is 501 Å². The summed E-state index contributed by atoms with van der Waals surface area (Å²) in [5.41, 5.74) is 0. The van der Waals surface area contributed by atoms with Gasteiger partial charge >= 0.3 is 17.9 Å². The number of esters is 3. The average molecular weight is 1120 g/mol. The number of unbranched alkanes of at least 4 members (excludes halogenated alkanes) is 30. The second-order valence-electron chi connectivity index (χ2n) is 22.4. The molecule has 81 heavy (non-hydrogen) atoms. The van der Waals surface area contributed by atoms with E-state index in [1.807, 2.05) is 0 Å². The van der Waals surface area contributed by atoms with Crippen LogP contribution in [0.15, 0.2) is 122 Å². The molecule has 0 radical (unpaired) electrons. The van der Waals surface area contributed by atoms with Gasteiger partial charge in [-0.3, -0.25) is 14.4 Å². The Bertz CT molecular complexity index is 1670. The Morgan fingerprint density at radius 2 is 0.494 bits per heavy atom. The van der Waals surface area contributed by atoms with Crippen LogP contribution >= 0.6 is 0 Å². The highest BCUT2D eigenvalue weighted by molar-refractivity contribution is 5.71. The van der Waals surface area contributed by atoms with Gasteiger partial charge < -0.3 is 14.2 Å². The Morgan fingerprint density at radius 1 is 0.259 bits per heavy atom. The molecule has 0 heterocycles. The molecule has 0 aromatic heterocycles. The van der Waals surface area contributed by atoms with E-state index in [4.69, 9.17) is 14.2 Å². The number of allylic oxidation sites excluding steroid dienone is 20. The normalized spacial score (nSPS) is 12.9. The minimum absolute atomic E-state index is 0.0967. The molecule has 1 atom stereocenters. The summed E-state index contributed by atoms with van der Waals surface area (Å²) >= 11 is 0. The fraction of sp³-hybridized carbons (Fsp3) is 0.693. The highest BCUT2D eigenvalue weighted by Gasteiger charge is 2.19. The molecule has 0 fully saturated rings. The lowest BCUT2D eigenvalue weighted by Gasteiger charge is -2.18. The van der Waals surface area contributed by atoms with Crippen LogP contribution in [0.25, 0.3) is 0 Å². The number of ether oxygens (including phenoxy) is 3. The van der Waals surface area contributed by atoms with Crippen molar-refractivity contribution in [1.29, 1.82) is 0 Å². The first-order chi connectivity index (χ1) is 40.0. The first-order valence-corrected chi connectivity index (χ1v) is 34.0. The van der Waals surface area contributed by atoms with Crippen LogP contribution in [-0.4, -0.2) is 37.2 Å². The van der Waals surface area contributed by atoms with E-state index in [9.17, 15) is 14.4 Å². The zero-order valence-electron chi connectivity index (χ0n) is 53.0. The van der Waals surface area contributed by atoms with E-state index in [1.54, 1.807) is 0 Å². The molecule has 0 aromatic carbocycles. The molecule has 6 nitrogen and oxygen atoms in total. The van der Waals surface area contributed by atoms with Gasteiger partial charge in [-0.05, 0) is 109 Å². The SMILES string of the molecule is CC/C=C\C/C=C\C/C=C\C/C=C\C/C=C\C/C=C\C/C=C\C/C=C\C/C=C\CCCC(=O)OCC(COC(=O)CCCCCCCCCCCCCCCCCC)OC(=O)CCCCCCCCC/C=C\CCCCCCCCC. The number of hydrogen-bond acceptors (Lipinski definition) is 6. The van der Waals surface area contributed by atoms with Crippen LogP contribution in [0.1, 0.15) is 316 Å². The second kappa shape index (κ2) is 68.3. The van der Waals surface area contributed by atoms with Gasteiger partial charge in [0.05, 0.1) is 0 Å². The molecular weight excluding hydrogens is 997 g/mol. The highest BCUT2D eigenvalue weighted by Crippen LogP contribution is 2.16. The van der Waals surface area contributed by atoms with Gasteiger partial charge in [-0.15, -0.1) is 0 Å². The van der Waals surface area contributed by atoms with E-state index >= 15 is 0 Å². The predicted octanol–water partition coefficient (Wildman–Crippen LogP) is 23.6. The number of carbonyl (C=O) groups excluding carboxylic acids is 3. The maximum atomic E-state index is 12.9. The topological polar surface area (TPSA) is 78.9 Å². The molecule has 0 bridgehead atoms. The van der Waals surface area contributed by atoms with Crippen LogP contribution in [-0.2, 0) is 28.6 Å². The van der Waals surface area contributed by atoms with Gasteiger partial charge in [-0.1, -0.05) is 309 Å². The third kappa shape index (κ3) is 66.5. The van der Waals surface area contributed by atoms with Gasteiger partial charge in [0, 0.05) is 19.3 Å². The van der Waals surface area contributed by atoms with Gasteiger partial charge in [-0.2, -0.15) is 0 Å². The van der Waals surface area contributed by atoms with Gasteiger partial charge in [0.15, 0.2) is 6.10 Å². The maximum absolute atomic E-state index is 12.9.